The van der Waals surface area contributed by atoms with Gasteiger partial charge in [0.1, 0.15) is 18.0 Å². The van der Waals surface area contributed by atoms with Crippen LogP contribution in [0.25, 0.3) is 0 Å². The molecular formula is C16H23N3O3. The summed E-state index contributed by atoms with van der Waals surface area (Å²) in [4.78, 5) is 15.9. The van der Waals surface area contributed by atoms with Crippen molar-refractivity contribution in [3.05, 3.63) is 23.3 Å². The molecule has 1 amide bonds. The van der Waals surface area contributed by atoms with Gasteiger partial charge in [0.25, 0.3) is 0 Å². The lowest BCUT2D eigenvalue weighted by Gasteiger charge is -2.22. The van der Waals surface area contributed by atoms with Crippen molar-refractivity contribution in [2.75, 3.05) is 12.3 Å². The Kier molecular flexibility index (Phi) is 4.59. The van der Waals surface area contributed by atoms with E-state index in [0.717, 1.165) is 11.1 Å². The quantitative estimate of drug-likeness (QED) is 0.837. The normalized spacial score (nSPS) is 14.4. The zero-order valence-electron chi connectivity index (χ0n) is 13.5. The van der Waals surface area contributed by atoms with Crippen LogP contribution in [0.15, 0.2) is 17.1 Å². The third-order valence-electron chi connectivity index (χ3n) is 3.02. The van der Waals surface area contributed by atoms with E-state index >= 15 is 0 Å². The molecule has 1 atom stereocenters. The van der Waals surface area contributed by atoms with Crippen LogP contribution in [0.1, 0.15) is 38.8 Å². The van der Waals surface area contributed by atoms with Gasteiger partial charge in [0, 0.05) is 6.21 Å². The molecule has 0 aliphatic carbocycles. The van der Waals surface area contributed by atoms with Crippen LogP contribution in [-0.2, 0) is 11.3 Å². The molecule has 22 heavy (non-hydrogen) atoms. The second kappa shape index (κ2) is 6.25. The number of aliphatic imine (C=N–C) groups is 1. The lowest BCUT2D eigenvalue weighted by Crippen LogP contribution is -2.40. The minimum atomic E-state index is -0.519. The van der Waals surface area contributed by atoms with Gasteiger partial charge in [-0.1, -0.05) is 0 Å². The Bertz CT molecular complexity index is 591. The van der Waals surface area contributed by atoms with E-state index < -0.39 is 11.7 Å². The first kappa shape index (κ1) is 16.1. The molecule has 0 saturated carbocycles. The summed E-state index contributed by atoms with van der Waals surface area (Å²) >= 11 is 0. The topological polar surface area (TPSA) is 85.9 Å². The highest BCUT2D eigenvalue weighted by Gasteiger charge is 2.18. The van der Waals surface area contributed by atoms with E-state index in [2.05, 4.69) is 10.3 Å². The number of carbonyl (C=O) groups excluding carboxylic acids is 1. The van der Waals surface area contributed by atoms with Gasteiger partial charge >= 0.3 is 6.09 Å². The van der Waals surface area contributed by atoms with Crippen LogP contribution in [0, 0.1) is 0 Å². The number of alkyl carbamates (subject to hydrolysis) is 1. The average Bonchev–Trinajstić information content (AvgIpc) is 2.80. The largest absolute Gasteiger partial charge is 0.489 e. The second-order valence-corrected chi connectivity index (χ2v) is 6.42. The average molecular weight is 305 g/mol. The fourth-order valence-corrected chi connectivity index (χ4v) is 2.05. The molecular weight excluding hydrogens is 282 g/mol. The fourth-order valence-electron chi connectivity index (χ4n) is 2.05. The van der Waals surface area contributed by atoms with Crippen molar-refractivity contribution >= 4 is 18.0 Å². The summed E-state index contributed by atoms with van der Waals surface area (Å²) in [6.07, 6.45) is 1.35. The van der Waals surface area contributed by atoms with Gasteiger partial charge in [-0.05, 0) is 51.0 Å². The van der Waals surface area contributed by atoms with E-state index in [1.807, 2.05) is 46.0 Å². The van der Waals surface area contributed by atoms with Gasteiger partial charge in [0.05, 0.1) is 18.3 Å². The van der Waals surface area contributed by atoms with Gasteiger partial charge in [-0.25, -0.2) is 4.79 Å². The molecule has 1 aromatic carbocycles. The number of hydrogen-bond acceptors (Lipinski definition) is 5. The molecule has 0 radical (unpaired) electrons. The van der Waals surface area contributed by atoms with Crippen LogP contribution in [-0.4, -0.2) is 30.6 Å². The van der Waals surface area contributed by atoms with Crippen molar-refractivity contribution in [1.29, 1.82) is 0 Å². The van der Waals surface area contributed by atoms with E-state index in [-0.39, 0.29) is 6.04 Å². The molecule has 6 heteroatoms. The van der Waals surface area contributed by atoms with Crippen molar-refractivity contribution in [3.8, 4) is 5.75 Å². The van der Waals surface area contributed by atoms with Crippen molar-refractivity contribution in [3.63, 3.8) is 0 Å². The van der Waals surface area contributed by atoms with E-state index in [9.17, 15) is 4.79 Å². The molecule has 0 aromatic heterocycles. The predicted octanol–water partition coefficient (Wildman–Crippen LogP) is 2.49. The van der Waals surface area contributed by atoms with Gasteiger partial charge in [0.15, 0.2) is 0 Å². The molecule has 1 heterocycles. The van der Waals surface area contributed by atoms with E-state index in [1.165, 1.54) is 0 Å². The summed E-state index contributed by atoms with van der Waals surface area (Å²) in [7, 11) is 0. The summed E-state index contributed by atoms with van der Waals surface area (Å²) < 4.78 is 10.9. The maximum Gasteiger partial charge on any atom is 0.407 e. The summed E-state index contributed by atoms with van der Waals surface area (Å²) in [6.45, 7) is 8.26. The zero-order chi connectivity index (χ0) is 16.3. The Hall–Kier alpha value is -2.24. The second-order valence-electron chi connectivity index (χ2n) is 6.42. The van der Waals surface area contributed by atoms with Crippen LogP contribution in [0.3, 0.4) is 0 Å². The van der Waals surface area contributed by atoms with Crippen molar-refractivity contribution in [2.24, 2.45) is 4.99 Å². The molecule has 0 unspecified atom stereocenters. The van der Waals surface area contributed by atoms with Crippen molar-refractivity contribution < 1.29 is 14.3 Å². The number of rotatable bonds is 4. The SMILES string of the molecule is C[C@@H](COc1cc2c(cc1N)C=NC2)NC(=O)OC(C)(C)C. The van der Waals surface area contributed by atoms with E-state index in [1.54, 1.807) is 0 Å². The van der Waals surface area contributed by atoms with Crippen LogP contribution in [0.2, 0.25) is 0 Å². The maximum absolute atomic E-state index is 11.7. The van der Waals surface area contributed by atoms with Gasteiger partial charge in [-0.2, -0.15) is 0 Å². The van der Waals surface area contributed by atoms with Gasteiger partial charge in [0.2, 0.25) is 0 Å². The summed E-state index contributed by atoms with van der Waals surface area (Å²) in [5.74, 6) is 0.613. The number of anilines is 1. The van der Waals surface area contributed by atoms with Crippen molar-refractivity contribution in [1.82, 2.24) is 5.32 Å². The highest BCUT2D eigenvalue weighted by atomic mass is 16.6. The Balaban J connectivity index is 1.87. The Labute approximate surface area is 130 Å². The molecule has 3 N–H and O–H groups in total. The van der Waals surface area contributed by atoms with Gasteiger partial charge < -0.3 is 20.5 Å². The van der Waals surface area contributed by atoms with E-state index in [0.29, 0.717) is 24.6 Å². The van der Waals surface area contributed by atoms with Gasteiger partial charge in [-0.15, -0.1) is 0 Å². The van der Waals surface area contributed by atoms with E-state index in [4.69, 9.17) is 15.2 Å². The van der Waals surface area contributed by atoms with Crippen LogP contribution >= 0.6 is 0 Å². The number of fused-ring (bicyclic) bond motifs is 1. The third kappa shape index (κ3) is 4.38. The number of benzene rings is 1. The first-order chi connectivity index (χ1) is 10.2. The zero-order valence-corrected chi connectivity index (χ0v) is 13.5. The van der Waals surface area contributed by atoms with Crippen LogP contribution < -0.4 is 15.8 Å². The molecule has 2 rings (SSSR count). The first-order valence-electron chi connectivity index (χ1n) is 7.29. The molecule has 120 valence electrons. The molecule has 0 spiro atoms. The monoisotopic (exact) mass is 305 g/mol. The Morgan fingerprint density at radius 3 is 2.86 bits per heavy atom. The molecule has 1 aromatic rings. The smallest absolute Gasteiger partial charge is 0.407 e. The fraction of sp³-hybridized carbons (Fsp3) is 0.500. The number of nitrogens with two attached hydrogens (primary N) is 1. The molecule has 0 fully saturated rings. The number of nitrogen functional groups attached to an aromatic ring is 1. The lowest BCUT2D eigenvalue weighted by atomic mass is 10.1. The summed E-state index contributed by atoms with van der Waals surface area (Å²) in [5.41, 5.74) is 8.14. The number of ether oxygens (including phenoxy) is 2. The summed E-state index contributed by atoms with van der Waals surface area (Å²) in [5, 5.41) is 2.73. The molecule has 1 aliphatic heterocycles. The lowest BCUT2D eigenvalue weighted by molar-refractivity contribution is 0.0494. The number of nitrogens with one attached hydrogen (secondary N) is 1. The standard InChI is InChI=1S/C16H23N3O3/c1-10(19-15(20)22-16(2,3)4)9-21-14-6-12-8-18-7-11(12)5-13(14)17/h5-7,10H,8-9,17H2,1-4H3,(H,19,20)/t10-/m0/s1. The minimum Gasteiger partial charge on any atom is -0.489 e. The first-order valence-corrected chi connectivity index (χ1v) is 7.29. The number of nitrogens with zero attached hydrogens (tertiary/aromatic N) is 1. The van der Waals surface area contributed by atoms with Crippen molar-refractivity contribution in [2.45, 2.75) is 45.9 Å². The number of hydrogen-bond donors (Lipinski definition) is 2. The Morgan fingerprint density at radius 1 is 1.45 bits per heavy atom. The summed E-state index contributed by atoms with van der Waals surface area (Å²) in [6, 6.07) is 3.56. The van der Waals surface area contributed by atoms with Gasteiger partial charge in [-0.3, -0.25) is 4.99 Å². The number of carbonyl (C=O) groups is 1. The molecule has 1 aliphatic rings. The van der Waals surface area contributed by atoms with Crippen LogP contribution in [0.5, 0.6) is 5.75 Å². The molecule has 0 saturated heterocycles. The van der Waals surface area contributed by atoms with Crippen LogP contribution in [0.4, 0.5) is 10.5 Å². The maximum atomic E-state index is 11.7. The minimum absolute atomic E-state index is 0.196. The predicted molar refractivity (Wildman–Crippen MR) is 86.5 cm³/mol. The highest BCUT2D eigenvalue weighted by Crippen LogP contribution is 2.28. The molecule has 6 nitrogen and oxygen atoms in total. The Morgan fingerprint density at radius 2 is 2.18 bits per heavy atom. The number of amides is 1. The third-order valence-corrected chi connectivity index (χ3v) is 3.02. The highest BCUT2D eigenvalue weighted by molar-refractivity contribution is 5.86. The molecule has 0 bridgehead atoms.